The van der Waals surface area contributed by atoms with Gasteiger partial charge in [0, 0.05) is 5.02 Å². The van der Waals surface area contributed by atoms with Gasteiger partial charge in [0.05, 0.1) is 24.6 Å². The van der Waals surface area contributed by atoms with Gasteiger partial charge in [-0.2, -0.15) is 10.3 Å². The van der Waals surface area contributed by atoms with E-state index in [0.29, 0.717) is 10.6 Å². The molecule has 1 heterocycles. The second kappa shape index (κ2) is 6.65. The monoisotopic (exact) mass is 413 g/mol. The van der Waals surface area contributed by atoms with Crippen molar-refractivity contribution in [2.24, 2.45) is 0 Å². The molecule has 3 aromatic rings. The van der Waals surface area contributed by atoms with E-state index in [1.165, 1.54) is 12.1 Å². The Bertz CT molecular complexity index is 1200. The van der Waals surface area contributed by atoms with Gasteiger partial charge in [-0.1, -0.05) is 60.1 Å². The Hall–Kier alpha value is -3.75. The average molecular weight is 414 g/mol. The molecule has 1 spiro atoms. The third-order valence-electron chi connectivity index (χ3n) is 5.68. The van der Waals surface area contributed by atoms with Gasteiger partial charge in [0.2, 0.25) is 6.19 Å². The fourth-order valence-electron chi connectivity index (χ4n) is 4.56. The standard InChI is InChI=1S/C24H16ClN3O2/c1-30-23(29)22-14-27(15-26)28(17-12-10-16(25)11-13-17)24(22)20-8-4-2-6-18(20)19-7-3-5-9-21(19)24/h2-14H,1H3. The molecule has 2 aliphatic rings. The van der Waals surface area contributed by atoms with Crippen molar-refractivity contribution in [3.8, 4) is 17.3 Å². The lowest BCUT2D eigenvalue weighted by molar-refractivity contribution is -0.136. The highest BCUT2D eigenvalue weighted by molar-refractivity contribution is 6.30. The van der Waals surface area contributed by atoms with Crippen LogP contribution in [0.15, 0.2) is 84.6 Å². The van der Waals surface area contributed by atoms with Crippen molar-refractivity contribution in [2.75, 3.05) is 12.1 Å². The van der Waals surface area contributed by atoms with E-state index < -0.39 is 11.5 Å². The maximum atomic E-state index is 13.0. The second-order valence-corrected chi connectivity index (χ2v) is 7.51. The summed E-state index contributed by atoms with van der Waals surface area (Å²) in [5.74, 6) is -0.488. The molecule has 0 N–H and O–H groups in total. The number of nitrogens with zero attached hydrogens (tertiary/aromatic N) is 3. The summed E-state index contributed by atoms with van der Waals surface area (Å²) >= 11 is 6.12. The molecule has 3 aromatic carbocycles. The lowest BCUT2D eigenvalue weighted by atomic mass is 9.80. The van der Waals surface area contributed by atoms with Crippen LogP contribution in [0, 0.1) is 11.5 Å². The lowest BCUT2D eigenvalue weighted by Crippen LogP contribution is -2.49. The van der Waals surface area contributed by atoms with E-state index in [2.05, 4.69) is 6.19 Å². The molecule has 0 radical (unpaired) electrons. The zero-order valence-electron chi connectivity index (χ0n) is 16.0. The molecule has 6 heteroatoms. The van der Waals surface area contributed by atoms with Crippen molar-refractivity contribution < 1.29 is 9.53 Å². The number of carbonyl (C=O) groups excluding carboxylic acids is 1. The first kappa shape index (κ1) is 18.3. The van der Waals surface area contributed by atoms with Gasteiger partial charge in [-0.3, -0.25) is 5.01 Å². The minimum atomic E-state index is -1.04. The number of rotatable bonds is 2. The third kappa shape index (κ3) is 2.25. The maximum Gasteiger partial charge on any atom is 0.338 e. The van der Waals surface area contributed by atoms with Crippen LogP contribution in [0.4, 0.5) is 5.69 Å². The van der Waals surface area contributed by atoms with Crippen molar-refractivity contribution in [1.29, 1.82) is 5.26 Å². The molecule has 0 bridgehead atoms. The zero-order chi connectivity index (χ0) is 20.9. The van der Waals surface area contributed by atoms with Gasteiger partial charge >= 0.3 is 5.97 Å². The van der Waals surface area contributed by atoms with Gasteiger partial charge in [-0.15, -0.1) is 0 Å². The number of ether oxygens (including phenoxy) is 1. The van der Waals surface area contributed by atoms with Gasteiger partial charge in [0.15, 0.2) is 0 Å². The molecule has 0 fully saturated rings. The lowest BCUT2D eigenvalue weighted by Gasteiger charge is -2.41. The van der Waals surface area contributed by atoms with E-state index in [1.807, 2.05) is 65.7 Å². The van der Waals surface area contributed by atoms with Gasteiger partial charge in [0.1, 0.15) is 5.54 Å². The van der Waals surface area contributed by atoms with Crippen molar-refractivity contribution in [3.63, 3.8) is 0 Å². The minimum Gasteiger partial charge on any atom is -0.466 e. The topological polar surface area (TPSA) is 56.6 Å². The van der Waals surface area contributed by atoms with Crippen LogP contribution in [-0.4, -0.2) is 18.1 Å². The number of fused-ring (bicyclic) bond motifs is 5. The van der Waals surface area contributed by atoms with E-state index in [0.717, 1.165) is 27.9 Å². The normalized spacial score (nSPS) is 15.4. The summed E-state index contributed by atoms with van der Waals surface area (Å²) in [4.78, 5) is 13.0. The Balaban J connectivity index is 1.90. The minimum absolute atomic E-state index is 0.374. The van der Waals surface area contributed by atoms with Gasteiger partial charge < -0.3 is 4.74 Å². The van der Waals surface area contributed by atoms with Crippen molar-refractivity contribution in [2.45, 2.75) is 5.54 Å². The van der Waals surface area contributed by atoms with E-state index in [-0.39, 0.29) is 0 Å². The molecule has 0 saturated carbocycles. The molecule has 1 aliphatic heterocycles. The number of halogens is 1. The fraction of sp³-hybridized carbons (Fsp3) is 0.0833. The van der Waals surface area contributed by atoms with Crippen LogP contribution in [0.25, 0.3) is 11.1 Å². The second-order valence-electron chi connectivity index (χ2n) is 7.07. The smallest absolute Gasteiger partial charge is 0.338 e. The molecule has 0 amide bonds. The van der Waals surface area contributed by atoms with E-state index in [1.54, 1.807) is 18.3 Å². The van der Waals surface area contributed by atoms with E-state index in [4.69, 9.17) is 16.3 Å². The summed E-state index contributed by atoms with van der Waals surface area (Å²) in [6.45, 7) is 0. The summed E-state index contributed by atoms with van der Waals surface area (Å²) < 4.78 is 5.16. The molecular weight excluding hydrogens is 398 g/mol. The SMILES string of the molecule is COC(=O)C1=CN(C#N)N(c2ccc(Cl)cc2)C12c1ccccc1-c1ccccc12. The van der Waals surface area contributed by atoms with Gasteiger partial charge in [0.25, 0.3) is 0 Å². The predicted octanol–water partition coefficient (Wildman–Crippen LogP) is 4.84. The summed E-state index contributed by atoms with van der Waals surface area (Å²) in [5, 5.41) is 13.8. The molecule has 0 unspecified atom stereocenters. The van der Waals surface area contributed by atoms with Crippen LogP contribution in [-0.2, 0) is 15.1 Å². The first-order chi connectivity index (χ1) is 14.6. The highest BCUT2D eigenvalue weighted by Crippen LogP contribution is 2.58. The Morgan fingerprint density at radius 1 is 0.967 bits per heavy atom. The zero-order valence-corrected chi connectivity index (χ0v) is 16.8. The van der Waals surface area contributed by atoms with Crippen molar-refractivity contribution in [3.05, 3.63) is 101 Å². The first-order valence-electron chi connectivity index (χ1n) is 9.37. The van der Waals surface area contributed by atoms with Gasteiger partial charge in [-0.05, 0) is 46.5 Å². The number of carbonyl (C=O) groups is 1. The Morgan fingerprint density at radius 2 is 1.53 bits per heavy atom. The highest BCUT2D eigenvalue weighted by atomic mass is 35.5. The first-order valence-corrected chi connectivity index (χ1v) is 9.75. The molecule has 30 heavy (non-hydrogen) atoms. The number of hydrazine groups is 1. The van der Waals surface area contributed by atoms with Crippen LogP contribution in [0.5, 0.6) is 0 Å². The number of esters is 1. The van der Waals surface area contributed by atoms with E-state index >= 15 is 0 Å². The number of benzene rings is 3. The van der Waals surface area contributed by atoms with Crippen LogP contribution in [0.2, 0.25) is 5.02 Å². The number of methoxy groups -OCH3 is 1. The molecule has 5 nitrogen and oxygen atoms in total. The number of hydrogen-bond acceptors (Lipinski definition) is 5. The van der Waals surface area contributed by atoms with E-state index in [9.17, 15) is 10.1 Å². The largest absolute Gasteiger partial charge is 0.466 e. The molecule has 0 atom stereocenters. The quantitative estimate of drug-likeness (QED) is 0.444. The summed E-state index contributed by atoms with van der Waals surface area (Å²) in [7, 11) is 1.35. The Labute approximate surface area is 178 Å². The van der Waals surface area contributed by atoms with Crippen LogP contribution in [0.3, 0.4) is 0 Å². The maximum absolute atomic E-state index is 13.0. The summed E-state index contributed by atoms with van der Waals surface area (Å²) in [6, 6.07) is 23.1. The average Bonchev–Trinajstić information content (AvgIpc) is 3.29. The third-order valence-corrected chi connectivity index (χ3v) is 5.93. The number of anilines is 1. The fourth-order valence-corrected chi connectivity index (χ4v) is 4.69. The summed E-state index contributed by atoms with van der Waals surface area (Å²) in [6.07, 6.45) is 3.75. The van der Waals surface area contributed by atoms with Crippen LogP contribution < -0.4 is 5.01 Å². The highest BCUT2D eigenvalue weighted by Gasteiger charge is 2.58. The molecule has 146 valence electrons. The Kier molecular flexibility index (Phi) is 4.05. The number of hydrogen-bond donors (Lipinski definition) is 0. The van der Waals surface area contributed by atoms with Gasteiger partial charge in [-0.25, -0.2) is 4.79 Å². The Morgan fingerprint density at radius 3 is 2.07 bits per heavy atom. The number of nitriles is 1. The van der Waals surface area contributed by atoms with Crippen LogP contribution in [0.1, 0.15) is 11.1 Å². The molecule has 0 aromatic heterocycles. The van der Waals surface area contributed by atoms with Crippen molar-refractivity contribution in [1.82, 2.24) is 5.01 Å². The van der Waals surface area contributed by atoms with Crippen LogP contribution >= 0.6 is 11.6 Å². The molecule has 1 aliphatic carbocycles. The molecule has 5 rings (SSSR count). The molecule has 0 saturated heterocycles. The summed E-state index contributed by atoms with van der Waals surface area (Å²) in [5.41, 5.74) is 3.92. The predicted molar refractivity (Wildman–Crippen MR) is 114 cm³/mol. The van der Waals surface area contributed by atoms with Crippen molar-refractivity contribution >= 4 is 23.3 Å². The molecular formula is C24H16ClN3O2.